The van der Waals surface area contributed by atoms with Crippen molar-refractivity contribution in [2.75, 3.05) is 4.90 Å². The van der Waals surface area contributed by atoms with Crippen LogP contribution in [0.15, 0.2) is 42.0 Å². The van der Waals surface area contributed by atoms with E-state index in [2.05, 4.69) is 10.2 Å². The lowest BCUT2D eigenvalue weighted by Crippen LogP contribution is -2.29. The number of aromatic nitrogens is 2. The second-order valence-corrected chi connectivity index (χ2v) is 9.24. The fourth-order valence-electron chi connectivity index (χ4n) is 3.55. The van der Waals surface area contributed by atoms with E-state index in [0.717, 1.165) is 11.1 Å². The summed E-state index contributed by atoms with van der Waals surface area (Å²) in [5.74, 6) is -1.85. The highest BCUT2D eigenvalue weighted by Crippen LogP contribution is 2.44. The van der Waals surface area contributed by atoms with Crippen LogP contribution < -0.4 is 4.90 Å². The van der Waals surface area contributed by atoms with E-state index < -0.39 is 17.7 Å². The molecule has 1 N–H and O–H groups in total. The van der Waals surface area contributed by atoms with E-state index in [9.17, 15) is 14.7 Å². The van der Waals surface area contributed by atoms with Crippen LogP contribution in [0.5, 0.6) is 0 Å². The second kappa shape index (κ2) is 8.07. The number of anilines is 1. The van der Waals surface area contributed by atoms with Crippen LogP contribution in [-0.4, -0.2) is 27.0 Å². The van der Waals surface area contributed by atoms with E-state index in [1.807, 2.05) is 26.0 Å². The minimum atomic E-state index is -0.929. The molecule has 1 fully saturated rings. The molecule has 0 spiro atoms. The predicted molar refractivity (Wildman–Crippen MR) is 122 cm³/mol. The first-order chi connectivity index (χ1) is 14.7. The number of nitrogens with zero attached hydrogens (tertiary/aromatic N) is 3. The van der Waals surface area contributed by atoms with Crippen molar-refractivity contribution in [3.8, 4) is 0 Å². The first-order valence-corrected chi connectivity index (χ1v) is 10.9. The van der Waals surface area contributed by atoms with E-state index in [4.69, 9.17) is 23.2 Å². The molecule has 1 aliphatic heterocycles. The number of halogens is 2. The highest BCUT2D eigenvalue weighted by Gasteiger charge is 2.48. The lowest BCUT2D eigenvalue weighted by atomic mass is 9.93. The van der Waals surface area contributed by atoms with Crippen LogP contribution in [0.4, 0.5) is 5.13 Å². The molecule has 1 atom stereocenters. The summed E-state index contributed by atoms with van der Waals surface area (Å²) in [6.45, 7) is 5.46. The van der Waals surface area contributed by atoms with Gasteiger partial charge in [-0.25, -0.2) is 0 Å². The van der Waals surface area contributed by atoms with Crippen molar-refractivity contribution >= 4 is 57.1 Å². The fourth-order valence-corrected chi connectivity index (χ4v) is 4.57. The van der Waals surface area contributed by atoms with Crippen molar-refractivity contribution < 1.29 is 14.7 Å². The lowest BCUT2D eigenvalue weighted by Gasteiger charge is -2.23. The van der Waals surface area contributed by atoms with Gasteiger partial charge in [-0.15, -0.1) is 10.2 Å². The molecule has 1 aliphatic rings. The van der Waals surface area contributed by atoms with Crippen molar-refractivity contribution in [3.05, 3.63) is 79.3 Å². The van der Waals surface area contributed by atoms with Gasteiger partial charge in [0.1, 0.15) is 10.8 Å². The molecular weight excluding hydrogens is 457 g/mol. The molecule has 158 valence electrons. The standard InChI is InChI=1S/C22H17Cl2N3O3S/c1-10-4-5-11(2)14(8-10)19(28)17-18(13-6-7-15(23)16(24)9-13)27(21(30)20(17)29)22-26-25-12(3)31-22/h4-9,18,28H,1-3H3. The Balaban J connectivity index is 2.00. The summed E-state index contributed by atoms with van der Waals surface area (Å²) < 4.78 is 0. The van der Waals surface area contributed by atoms with Gasteiger partial charge in [-0.2, -0.15) is 0 Å². The average Bonchev–Trinajstić information content (AvgIpc) is 3.26. The summed E-state index contributed by atoms with van der Waals surface area (Å²) in [6, 6.07) is 9.44. The molecule has 2 aromatic carbocycles. The number of hydrogen-bond donors (Lipinski definition) is 1. The van der Waals surface area contributed by atoms with Crippen LogP contribution in [0, 0.1) is 20.8 Å². The van der Waals surface area contributed by atoms with Crippen molar-refractivity contribution in [2.24, 2.45) is 0 Å². The summed E-state index contributed by atoms with van der Waals surface area (Å²) in [4.78, 5) is 27.4. The predicted octanol–water partition coefficient (Wildman–Crippen LogP) is 5.40. The maximum absolute atomic E-state index is 13.1. The Morgan fingerprint density at radius 2 is 1.77 bits per heavy atom. The van der Waals surface area contributed by atoms with Crippen LogP contribution in [0.3, 0.4) is 0 Å². The highest BCUT2D eigenvalue weighted by molar-refractivity contribution is 7.15. The smallest absolute Gasteiger partial charge is 0.301 e. The first kappa shape index (κ1) is 21.5. The van der Waals surface area contributed by atoms with Gasteiger partial charge in [0, 0.05) is 5.56 Å². The fraction of sp³-hybridized carbons (Fsp3) is 0.182. The molecule has 4 rings (SSSR count). The van der Waals surface area contributed by atoms with Crippen molar-refractivity contribution in [3.63, 3.8) is 0 Å². The van der Waals surface area contributed by atoms with E-state index in [-0.39, 0.29) is 21.5 Å². The van der Waals surface area contributed by atoms with Gasteiger partial charge in [0.25, 0.3) is 5.78 Å². The van der Waals surface area contributed by atoms with Crippen molar-refractivity contribution in [1.82, 2.24) is 10.2 Å². The number of aliphatic hydroxyl groups excluding tert-OH is 1. The maximum Gasteiger partial charge on any atom is 0.301 e. The number of Topliss-reactive ketones (excluding diaryl/α,β-unsaturated/α-hetero) is 1. The molecule has 0 saturated carbocycles. The van der Waals surface area contributed by atoms with Crippen LogP contribution in [0.2, 0.25) is 10.0 Å². The molecule has 9 heteroatoms. The SMILES string of the molecule is Cc1ccc(C)c(C(O)=C2C(=O)C(=O)N(c3nnc(C)s3)C2c2ccc(Cl)c(Cl)c2)c1. The average molecular weight is 474 g/mol. The molecule has 2 heterocycles. The lowest BCUT2D eigenvalue weighted by molar-refractivity contribution is -0.132. The van der Waals surface area contributed by atoms with Crippen LogP contribution >= 0.6 is 34.5 Å². The van der Waals surface area contributed by atoms with Gasteiger partial charge in [-0.3, -0.25) is 14.5 Å². The Hall–Kier alpha value is -2.74. The summed E-state index contributed by atoms with van der Waals surface area (Å²) >= 11 is 13.5. The minimum Gasteiger partial charge on any atom is -0.507 e. The molecule has 0 aliphatic carbocycles. The molecule has 1 aromatic heterocycles. The summed E-state index contributed by atoms with van der Waals surface area (Å²) in [5, 5.41) is 20.8. The van der Waals surface area contributed by atoms with Gasteiger partial charge in [0.15, 0.2) is 0 Å². The number of aliphatic hydroxyl groups is 1. The zero-order chi connectivity index (χ0) is 22.4. The van der Waals surface area contributed by atoms with Gasteiger partial charge in [-0.05, 0) is 50.1 Å². The number of carbonyl (C=O) groups excluding carboxylic acids is 2. The molecule has 1 saturated heterocycles. The summed E-state index contributed by atoms with van der Waals surface area (Å²) in [5.41, 5.74) is 2.65. The number of carbonyl (C=O) groups is 2. The van der Waals surface area contributed by atoms with Crippen LogP contribution in [0.25, 0.3) is 5.76 Å². The molecule has 3 aromatic rings. The Morgan fingerprint density at radius 3 is 2.42 bits per heavy atom. The Morgan fingerprint density at radius 1 is 1.03 bits per heavy atom. The quantitative estimate of drug-likeness (QED) is 0.312. The number of rotatable bonds is 3. The zero-order valence-corrected chi connectivity index (χ0v) is 19.1. The molecule has 1 amide bonds. The molecule has 0 radical (unpaired) electrons. The third-order valence-corrected chi connectivity index (χ3v) is 6.65. The minimum absolute atomic E-state index is 0.0371. The largest absolute Gasteiger partial charge is 0.507 e. The van der Waals surface area contributed by atoms with Gasteiger partial charge in [0.2, 0.25) is 5.13 Å². The van der Waals surface area contributed by atoms with Gasteiger partial charge >= 0.3 is 5.91 Å². The van der Waals surface area contributed by atoms with E-state index in [0.29, 0.717) is 21.2 Å². The van der Waals surface area contributed by atoms with Gasteiger partial charge in [0.05, 0.1) is 21.7 Å². The number of ketones is 1. The normalized spacial score (nSPS) is 18.1. The maximum atomic E-state index is 13.1. The van der Waals surface area contributed by atoms with E-state index in [1.54, 1.807) is 31.2 Å². The third kappa shape index (κ3) is 3.73. The van der Waals surface area contributed by atoms with Crippen molar-refractivity contribution in [2.45, 2.75) is 26.8 Å². The van der Waals surface area contributed by atoms with Crippen molar-refractivity contribution in [1.29, 1.82) is 0 Å². The number of hydrogen-bond acceptors (Lipinski definition) is 6. The second-order valence-electron chi connectivity index (χ2n) is 7.26. The van der Waals surface area contributed by atoms with Crippen LogP contribution in [-0.2, 0) is 9.59 Å². The monoisotopic (exact) mass is 473 g/mol. The van der Waals surface area contributed by atoms with E-state index >= 15 is 0 Å². The number of benzene rings is 2. The summed E-state index contributed by atoms with van der Waals surface area (Å²) in [6.07, 6.45) is 0. The first-order valence-electron chi connectivity index (χ1n) is 9.32. The molecular formula is C22H17Cl2N3O3S. The topological polar surface area (TPSA) is 83.4 Å². The van der Waals surface area contributed by atoms with Crippen LogP contribution in [0.1, 0.15) is 33.3 Å². The highest BCUT2D eigenvalue weighted by atomic mass is 35.5. The molecule has 0 bridgehead atoms. The van der Waals surface area contributed by atoms with Gasteiger partial charge < -0.3 is 5.11 Å². The Kier molecular flexibility index (Phi) is 5.60. The molecule has 6 nitrogen and oxygen atoms in total. The third-order valence-electron chi connectivity index (χ3n) is 5.07. The van der Waals surface area contributed by atoms with Gasteiger partial charge in [-0.1, -0.05) is 58.3 Å². The Bertz CT molecular complexity index is 1270. The number of amides is 1. The molecule has 1 unspecified atom stereocenters. The van der Waals surface area contributed by atoms with E-state index in [1.165, 1.54) is 16.2 Å². The molecule has 31 heavy (non-hydrogen) atoms. The Labute approximate surface area is 192 Å². The zero-order valence-electron chi connectivity index (χ0n) is 16.8. The number of aryl methyl sites for hydroxylation is 3. The summed E-state index contributed by atoms with van der Waals surface area (Å²) in [7, 11) is 0.